The lowest BCUT2D eigenvalue weighted by molar-refractivity contribution is 0.0933. The van der Waals surface area contributed by atoms with E-state index in [0.717, 1.165) is 5.56 Å². The second-order valence-corrected chi connectivity index (χ2v) is 6.59. The van der Waals surface area contributed by atoms with Crippen LogP contribution in [0, 0.1) is 11.3 Å². The summed E-state index contributed by atoms with van der Waals surface area (Å²) in [5.74, 6) is -0.697. The van der Waals surface area contributed by atoms with Crippen molar-refractivity contribution < 1.29 is 14.1 Å². The summed E-state index contributed by atoms with van der Waals surface area (Å²) in [5.41, 5.74) is 1.94. The summed E-state index contributed by atoms with van der Waals surface area (Å²) >= 11 is 6.07. The standard InChI is InChI=1S/C19H16ClN5O3/c1-11(10-22-19(27)17-8-18(12(2)26)28-24-17)25-6-5-16(23-25)13-3-4-14(9-21)15(20)7-13/h3-8,11H,10H2,1-2H3,(H,22,27)/t11-/m0/s1. The topological polar surface area (TPSA) is 114 Å². The van der Waals surface area contributed by atoms with Crippen LogP contribution in [0.4, 0.5) is 0 Å². The first-order chi connectivity index (χ1) is 13.4. The van der Waals surface area contributed by atoms with Crippen LogP contribution in [0.5, 0.6) is 0 Å². The Bertz CT molecular complexity index is 1080. The molecule has 0 radical (unpaired) electrons. The van der Waals surface area contributed by atoms with Crippen molar-refractivity contribution in [1.29, 1.82) is 5.26 Å². The number of ketones is 1. The van der Waals surface area contributed by atoms with E-state index in [1.807, 2.05) is 19.1 Å². The zero-order valence-corrected chi connectivity index (χ0v) is 15.9. The minimum absolute atomic E-state index is 0.0380. The molecule has 0 spiro atoms. The second-order valence-electron chi connectivity index (χ2n) is 6.18. The summed E-state index contributed by atoms with van der Waals surface area (Å²) in [6.07, 6.45) is 1.79. The minimum Gasteiger partial charge on any atom is -0.352 e. The van der Waals surface area contributed by atoms with E-state index in [9.17, 15) is 9.59 Å². The zero-order valence-electron chi connectivity index (χ0n) is 15.1. The van der Waals surface area contributed by atoms with Crippen molar-refractivity contribution >= 4 is 23.3 Å². The van der Waals surface area contributed by atoms with Crippen LogP contribution >= 0.6 is 11.6 Å². The van der Waals surface area contributed by atoms with Crippen molar-refractivity contribution in [2.45, 2.75) is 19.9 Å². The maximum atomic E-state index is 12.1. The van der Waals surface area contributed by atoms with Crippen molar-refractivity contribution in [3.63, 3.8) is 0 Å². The largest absolute Gasteiger partial charge is 0.352 e. The predicted octanol–water partition coefficient (Wildman–Crippen LogP) is 3.26. The molecule has 2 aromatic heterocycles. The van der Waals surface area contributed by atoms with Crippen LogP contribution in [0.2, 0.25) is 5.02 Å². The van der Waals surface area contributed by atoms with Crippen molar-refractivity contribution in [2.24, 2.45) is 0 Å². The van der Waals surface area contributed by atoms with E-state index < -0.39 is 5.91 Å². The third-order valence-corrected chi connectivity index (χ3v) is 4.41. The molecule has 3 rings (SSSR count). The summed E-state index contributed by atoms with van der Waals surface area (Å²) in [6, 6.07) is 10.1. The lowest BCUT2D eigenvalue weighted by Crippen LogP contribution is -2.30. The number of hydrogen-bond donors (Lipinski definition) is 1. The van der Waals surface area contributed by atoms with Gasteiger partial charge in [-0.1, -0.05) is 22.8 Å². The van der Waals surface area contributed by atoms with Crippen LogP contribution in [-0.2, 0) is 0 Å². The fourth-order valence-electron chi connectivity index (χ4n) is 2.48. The SMILES string of the molecule is CC(=O)c1cc(C(=O)NC[C@H](C)n2ccc(-c3ccc(C#N)c(Cl)c3)n2)no1. The van der Waals surface area contributed by atoms with Crippen molar-refractivity contribution in [1.82, 2.24) is 20.3 Å². The van der Waals surface area contributed by atoms with Gasteiger partial charge in [-0.3, -0.25) is 14.3 Å². The Morgan fingerprint density at radius 3 is 2.79 bits per heavy atom. The van der Waals surface area contributed by atoms with Gasteiger partial charge in [0.05, 0.1) is 22.3 Å². The zero-order chi connectivity index (χ0) is 20.3. The number of benzene rings is 1. The predicted molar refractivity (Wildman–Crippen MR) is 101 cm³/mol. The average Bonchev–Trinajstić information content (AvgIpc) is 3.35. The van der Waals surface area contributed by atoms with E-state index in [1.54, 1.807) is 29.1 Å². The summed E-state index contributed by atoms with van der Waals surface area (Å²) < 4.78 is 6.52. The number of halogens is 1. The van der Waals surface area contributed by atoms with Gasteiger partial charge in [-0.2, -0.15) is 10.4 Å². The Morgan fingerprint density at radius 1 is 1.36 bits per heavy atom. The van der Waals surface area contributed by atoms with Gasteiger partial charge in [0.15, 0.2) is 11.5 Å². The molecule has 1 amide bonds. The van der Waals surface area contributed by atoms with Gasteiger partial charge in [0.1, 0.15) is 6.07 Å². The third kappa shape index (κ3) is 4.10. The van der Waals surface area contributed by atoms with E-state index in [1.165, 1.54) is 13.0 Å². The number of nitrogens with zero attached hydrogens (tertiary/aromatic N) is 4. The fraction of sp³-hybridized carbons (Fsp3) is 0.211. The fourth-order valence-corrected chi connectivity index (χ4v) is 2.70. The smallest absolute Gasteiger partial charge is 0.273 e. The van der Waals surface area contributed by atoms with Gasteiger partial charge in [0.25, 0.3) is 5.91 Å². The van der Waals surface area contributed by atoms with E-state index >= 15 is 0 Å². The number of amides is 1. The molecule has 0 aliphatic heterocycles. The van der Waals surface area contributed by atoms with Gasteiger partial charge < -0.3 is 9.84 Å². The first kappa shape index (κ1) is 19.3. The number of hydrogen-bond acceptors (Lipinski definition) is 6. The van der Waals surface area contributed by atoms with Gasteiger partial charge in [0, 0.05) is 31.3 Å². The number of rotatable bonds is 6. The molecule has 28 heavy (non-hydrogen) atoms. The molecule has 0 fully saturated rings. The number of carbonyl (C=O) groups excluding carboxylic acids is 2. The summed E-state index contributed by atoms with van der Waals surface area (Å²) in [4.78, 5) is 23.3. The van der Waals surface area contributed by atoms with Crippen LogP contribution in [0.15, 0.2) is 41.1 Å². The van der Waals surface area contributed by atoms with Crippen LogP contribution in [-0.4, -0.2) is 33.2 Å². The van der Waals surface area contributed by atoms with Gasteiger partial charge in [-0.15, -0.1) is 0 Å². The van der Waals surface area contributed by atoms with Crippen molar-refractivity contribution in [2.75, 3.05) is 6.54 Å². The number of Topliss-reactive ketones (excluding diaryl/α,β-unsaturated/α-hetero) is 1. The highest BCUT2D eigenvalue weighted by Gasteiger charge is 2.16. The van der Waals surface area contributed by atoms with Gasteiger partial charge in [0.2, 0.25) is 5.76 Å². The molecular formula is C19H16ClN5O3. The molecule has 1 N–H and O–H groups in total. The van der Waals surface area contributed by atoms with Crippen LogP contribution in [0.1, 0.15) is 46.5 Å². The lowest BCUT2D eigenvalue weighted by Gasteiger charge is -2.12. The molecule has 1 atom stereocenters. The van der Waals surface area contributed by atoms with Crippen molar-refractivity contribution in [3.05, 3.63) is 58.6 Å². The highest BCUT2D eigenvalue weighted by atomic mass is 35.5. The van der Waals surface area contributed by atoms with Crippen LogP contribution in [0.25, 0.3) is 11.3 Å². The Kier molecular flexibility index (Phi) is 5.57. The van der Waals surface area contributed by atoms with Crippen LogP contribution < -0.4 is 5.32 Å². The molecule has 0 unspecified atom stereocenters. The van der Waals surface area contributed by atoms with Crippen molar-refractivity contribution in [3.8, 4) is 17.3 Å². The van der Waals surface area contributed by atoms with E-state index in [0.29, 0.717) is 22.8 Å². The monoisotopic (exact) mass is 397 g/mol. The Balaban J connectivity index is 1.64. The second kappa shape index (κ2) is 8.06. The molecule has 0 aliphatic rings. The molecular weight excluding hydrogens is 382 g/mol. The molecule has 2 heterocycles. The normalized spacial score (nSPS) is 11.6. The first-order valence-electron chi connectivity index (χ1n) is 8.40. The number of carbonyl (C=O) groups is 2. The molecule has 9 heteroatoms. The quantitative estimate of drug-likeness (QED) is 0.638. The minimum atomic E-state index is -0.436. The molecule has 3 aromatic rings. The number of aromatic nitrogens is 3. The summed E-state index contributed by atoms with van der Waals surface area (Å²) in [7, 11) is 0. The molecule has 142 valence electrons. The maximum Gasteiger partial charge on any atom is 0.273 e. The van der Waals surface area contributed by atoms with Gasteiger partial charge in [-0.05, 0) is 25.1 Å². The molecule has 1 aromatic carbocycles. The van der Waals surface area contributed by atoms with E-state index in [-0.39, 0.29) is 23.3 Å². The Morgan fingerprint density at radius 2 is 2.14 bits per heavy atom. The van der Waals surface area contributed by atoms with Gasteiger partial charge >= 0.3 is 0 Å². The van der Waals surface area contributed by atoms with E-state index in [4.69, 9.17) is 21.4 Å². The first-order valence-corrected chi connectivity index (χ1v) is 8.78. The Hall–Kier alpha value is -3.44. The molecule has 0 saturated heterocycles. The van der Waals surface area contributed by atoms with E-state index in [2.05, 4.69) is 15.6 Å². The molecule has 0 aliphatic carbocycles. The number of nitriles is 1. The lowest BCUT2D eigenvalue weighted by atomic mass is 10.1. The van der Waals surface area contributed by atoms with Gasteiger partial charge in [-0.25, -0.2) is 0 Å². The summed E-state index contributed by atoms with van der Waals surface area (Å²) in [6.45, 7) is 3.53. The molecule has 8 nitrogen and oxygen atoms in total. The maximum absolute atomic E-state index is 12.1. The number of nitrogens with one attached hydrogen (secondary N) is 1. The third-order valence-electron chi connectivity index (χ3n) is 4.09. The molecule has 0 bridgehead atoms. The Labute approximate surface area is 165 Å². The molecule has 0 saturated carbocycles. The average molecular weight is 398 g/mol. The highest BCUT2D eigenvalue weighted by molar-refractivity contribution is 6.32. The summed E-state index contributed by atoms with van der Waals surface area (Å²) in [5, 5.41) is 20.1. The van der Waals surface area contributed by atoms with Crippen LogP contribution in [0.3, 0.4) is 0 Å². The highest BCUT2D eigenvalue weighted by Crippen LogP contribution is 2.24.